The van der Waals surface area contributed by atoms with Crippen molar-refractivity contribution in [3.63, 3.8) is 0 Å². The van der Waals surface area contributed by atoms with Gasteiger partial charge < -0.3 is 20.1 Å². The first-order chi connectivity index (χ1) is 11.3. The number of hydrogen-bond acceptors (Lipinski definition) is 3. The lowest BCUT2D eigenvalue weighted by Crippen LogP contribution is -2.42. The zero-order valence-electron chi connectivity index (χ0n) is 16.6. The number of guanidine groups is 1. The summed E-state index contributed by atoms with van der Waals surface area (Å²) in [6.07, 6.45) is 2.27. The molecule has 5 nitrogen and oxygen atoms in total. The molecule has 0 saturated carbocycles. The SMILES string of the molecule is CN=C(NCc1cccc(OC)c1OC)NC(C)CCC(C)(C)C.I. The van der Waals surface area contributed by atoms with Crippen molar-refractivity contribution in [2.45, 2.75) is 53.1 Å². The average molecular weight is 463 g/mol. The fraction of sp³-hybridized carbons (Fsp3) is 0.632. The van der Waals surface area contributed by atoms with Crippen LogP contribution in [0.1, 0.15) is 46.1 Å². The first-order valence-corrected chi connectivity index (χ1v) is 8.47. The number of methoxy groups -OCH3 is 2. The molecule has 0 aliphatic heterocycles. The molecule has 1 aromatic carbocycles. The molecule has 1 aromatic rings. The Morgan fingerprint density at radius 1 is 1.20 bits per heavy atom. The normalized spacial score (nSPS) is 12.8. The molecule has 0 fully saturated rings. The number of aliphatic imine (C=N–C) groups is 1. The van der Waals surface area contributed by atoms with Crippen molar-refractivity contribution in [2.24, 2.45) is 10.4 Å². The van der Waals surface area contributed by atoms with E-state index in [1.807, 2.05) is 18.2 Å². The van der Waals surface area contributed by atoms with Gasteiger partial charge >= 0.3 is 0 Å². The number of benzene rings is 1. The summed E-state index contributed by atoms with van der Waals surface area (Å²) < 4.78 is 10.8. The van der Waals surface area contributed by atoms with Crippen molar-refractivity contribution in [1.82, 2.24) is 10.6 Å². The van der Waals surface area contributed by atoms with Gasteiger partial charge in [0.2, 0.25) is 0 Å². The summed E-state index contributed by atoms with van der Waals surface area (Å²) in [5.41, 5.74) is 1.38. The Morgan fingerprint density at radius 2 is 1.88 bits per heavy atom. The third-order valence-corrected chi connectivity index (χ3v) is 3.86. The standard InChI is InChI=1S/C19H33N3O2.HI/c1-14(11-12-19(2,3)4)22-18(20-5)21-13-15-9-8-10-16(23-6)17(15)24-7;/h8-10,14H,11-13H2,1-7H3,(H2,20,21,22);1H. The van der Waals surface area contributed by atoms with Crippen LogP contribution in [0.25, 0.3) is 0 Å². The lowest BCUT2D eigenvalue weighted by Gasteiger charge is -2.23. The molecule has 0 aliphatic rings. The lowest BCUT2D eigenvalue weighted by atomic mass is 9.89. The van der Waals surface area contributed by atoms with E-state index in [0.29, 0.717) is 18.0 Å². The van der Waals surface area contributed by atoms with Crippen LogP contribution in [-0.2, 0) is 6.54 Å². The Labute approximate surface area is 170 Å². The van der Waals surface area contributed by atoms with E-state index >= 15 is 0 Å². The van der Waals surface area contributed by atoms with Crippen LogP contribution in [0.2, 0.25) is 0 Å². The smallest absolute Gasteiger partial charge is 0.191 e. The van der Waals surface area contributed by atoms with Crippen molar-refractivity contribution in [1.29, 1.82) is 0 Å². The Bertz CT molecular complexity index is 542. The lowest BCUT2D eigenvalue weighted by molar-refractivity contribution is 0.345. The molecule has 0 saturated heterocycles. The summed E-state index contributed by atoms with van der Waals surface area (Å²) in [6.45, 7) is 9.60. The number of para-hydroxylation sites is 1. The van der Waals surface area contributed by atoms with Gasteiger partial charge in [-0.3, -0.25) is 4.99 Å². The second kappa shape index (κ2) is 11.4. The highest BCUT2D eigenvalue weighted by Crippen LogP contribution is 2.30. The highest BCUT2D eigenvalue weighted by atomic mass is 127. The van der Waals surface area contributed by atoms with Gasteiger partial charge in [0.25, 0.3) is 0 Å². The first kappa shape index (κ1) is 23.8. The molecule has 144 valence electrons. The molecule has 25 heavy (non-hydrogen) atoms. The maximum Gasteiger partial charge on any atom is 0.191 e. The van der Waals surface area contributed by atoms with Crippen molar-refractivity contribution in [3.8, 4) is 11.5 Å². The molecule has 1 unspecified atom stereocenters. The van der Waals surface area contributed by atoms with E-state index in [1.165, 1.54) is 6.42 Å². The Morgan fingerprint density at radius 3 is 2.40 bits per heavy atom. The van der Waals surface area contributed by atoms with Crippen LogP contribution in [0.15, 0.2) is 23.2 Å². The Kier molecular flexibility index (Phi) is 10.9. The molecule has 1 atom stereocenters. The summed E-state index contributed by atoms with van der Waals surface area (Å²) in [7, 11) is 5.09. The van der Waals surface area contributed by atoms with Crippen molar-refractivity contribution in [2.75, 3.05) is 21.3 Å². The van der Waals surface area contributed by atoms with Gasteiger partial charge in [-0.1, -0.05) is 32.9 Å². The summed E-state index contributed by atoms with van der Waals surface area (Å²) in [6, 6.07) is 6.23. The molecule has 0 spiro atoms. The van der Waals surface area contributed by atoms with E-state index in [1.54, 1.807) is 21.3 Å². The van der Waals surface area contributed by atoms with Crippen LogP contribution in [0.3, 0.4) is 0 Å². The van der Waals surface area contributed by atoms with Gasteiger partial charge in [0, 0.05) is 25.2 Å². The molecule has 1 rings (SSSR count). The van der Waals surface area contributed by atoms with E-state index in [9.17, 15) is 0 Å². The third-order valence-electron chi connectivity index (χ3n) is 3.86. The van der Waals surface area contributed by atoms with Crippen LogP contribution in [-0.4, -0.2) is 33.3 Å². The topological polar surface area (TPSA) is 54.9 Å². The fourth-order valence-electron chi connectivity index (χ4n) is 2.42. The first-order valence-electron chi connectivity index (χ1n) is 8.47. The van der Waals surface area contributed by atoms with E-state index in [4.69, 9.17) is 9.47 Å². The quantitative estimate of drug-likeness (QED) is 0.362. The zero-order valence-corrected chi connectivity index (χ0v) is 18.9. The molecule has 0 aliphatic carbocycles. The van der Waals surface area contributed by atoms with E-state index in [-0.39, 0.29) is 24.0 Å². The van der Waals surface area contributed by atoms with Crippen molar-refractivity contribution >= 4 is 29.9 Å². The predicted octanol–water partition coefficient (Wildman–Crippen LogP) is 4.20. The number of nitrogens with one attached hydrogen (secondary N) is 2. The second-order valence-electron chi connectivity index (χ2n) is 7.22. The second-order valence-corrected chi connectivity index (χ2v) is 7.22. The molecule has 0 heterocycles. The fourth-order valence-corrected chi connectivity index (χ4v) is 2.42. The highest BCUT2D eigenvalue weighted by Gasteiger charge is 2.14. The van der Waals surface area contributed by atoms with E-state index in [2.05, 4.69) is 43.3 Å². The molecule has 0 amide bonds. The van der Waals surface area contributed by atoms with Gasteiger partial charge in [-0.2, -0.15) is 0 Å². The predicted molar refractivity (Wildman–Crippen MR) is 116 cm³/mol. The minimum Gasteiger partial charge on any atom is -0.493 e. The Hall–Kier alpha value is -1.18. The van der Waals surface area contributed by atoms with Gasteiger partial charge in [0.05, 0.1) is 14.2 Å². The number of rotatable bonds is 7. The monoisotopic (exact) mass is 463 g/mol. The van der Waals surface area contributed by atoms with Gasteiger partial charge in [-0.25, -0.2) is 0 Å². The largest absolute Gasteiger partial charge is 0.493 e. The minimum absolute atomic E-state index is 0. The average Bonchev–Trinajstić information content (AvgIpc) is 2.55. The molecule has 0 bridgehead atoms. The molecule has 6 heteroatoms. The highest BCUT2D eigenvalue weighted by molar-refractivity contribution is 14.0. The number of halogens is 1. The minimum atomic E-state index is 0. The molecule has 2 N–H and O–H groups in total. The molecular weight excluding hydrogens is 429 g/mol. The Balaban J connectivity index is 0.00000576. The molecule has 0 radical (unpaired) electrons. The summed E-state index contributed by atoms with van der Waals surface area (Å²) in [5, 5.41) is 6.79. The number of ether oxygens (including phenoxy) is 2. The molecule has 0 aromatic heterocycles. The zero-order chi connectivity index (χ0) is 18.2. The van der Waals surface area contributed by atoms with Gasteiger partial charge in [0.1, 0.15) is 0 Å². The van der Waals surface area contributed by atoms with Gasteiger partial charge in [0.15, 0.2) is 17.5 Å². The van der Waals surface area contributed by atoms with Crippen LogP contribution < -0.4 is 20.1 Å². The van der Waals surface area contributed by atoms with Crippen LogP contribution in [0.4, 0.5) is 0 Å². The van der Waals surface area contributed by atoms with Crippen LogP contribution in [0, 0.1) is 5.41 Å². The van der Waals surface area contributed by atoms with Crippen LogP contribution in [0.5, 0.6) is 11.5 Å². The van der Waals surface area contributed by atoms with E-state index < -0.39 is 0 Å². The molecular formula is C19H34IN3O2. The third kappa shape index (κ3) is 8.65. The summed E-state index contributed by atoms with van der Waals surface area (Å²) in [4.78, 5) is 4.31. The van der Waals surface area contributed by atoms with Gasteiger partial charge in [-0.15, -0.1) is 24.0 Å². The van der Waals surface area contributed by atoms with Crippen LogP contribution >= 0.6 is 24.0 Å². The number of hydrogen-bond donors (Lipinski definition) is 2. The van der Waals surface area contributed by atoms with Crippen molar-refractivity contribution in [3.05, 3.63) is 23.8 Å². The van der Waals surface area contributed by atoms with Gasteiger partial charge in [-0.05, 0) is 31.2 Å². The maximum atomic E-state index is 5.47. The van der Waals surface area contributed by atoms with Crippen molar-refractivity contribution < 1.29 is 9.47 Å². The van der Waals surface area contributed by atoms with E-state index in [0.717, 1.165) is 29.4 Å². The summed E-state index contributed by atoms with van der Waals surface area (Å²) in [5.74, 6) is 2.28. The summed E-state index contributed by atoms with van der Waals surface area (Å²) >= 11 is 0. The maximum absolute atomic E-state index is 5.47. The number of nitrogens with zero attached hydrogens (tertiary/aromatic N) is 1.